The van der Waals surface area contributed by atoms with Gasteiger partial charge in [-0.25, -0.2) is 0 Å². The normalized spacial score (nSPS) is 22.5. The van der Waals surface area contributed by atoms with Gasteiger partial charge >= 0.3 is 0 Å². The number of hydrogen-bond acceptors (Lipinski definition) is 5. The van der Waals surface area contributed by atoms with Gasteiger partial charge in [-0.15, -0.1) is 0 Å². The lowest BCUT2D eigenvalue weighted by molar-refractivity contribution is 0.0359. The van der Waals surface area contributed by atoms with E-state index in [4.69, 9.17) is 9.26 Å². The van der Waals surface area contributed by atoms with Gasteiger partial charge in [0.05, 0.1) is 12.6 Å². The Bertz CT molecular complexity index is 381. The first-order chi connectivity index (χ1) is 8.83. The summed E-state index contributed by atoms with van der Waals surface area (Å²) >= 11 is 0. The minimum Gasteiger partial charge on any atom is -0.381 e. The zero-order valence-electron chi connectivity index (χ0n) is 11.0. The molecule has 18 heavy (non-hydrogen) atoms. The quantitative estimate of drug-likeness (QED) is 0.796. The maximum atomic E-state index is 5.37. The van der Waals surface area contributed by atoms with Crippen molar-refractivity contribution in [3.63, 3.8) is 0 Å². The minimum atomic E-state index is 0.425. The molecule has 0 N–H and O–H groups in total. The fourth-order valence-corrected chi connectivity index (χ4v) is 2.51. The number of piperidine rings is 1. The Hall–Kier alpha value is -0.940. The number of rotatable bonds is 5. The molecule has 5 nitrogen and oxygen atoms in total. The van der Waals surface area contributed by atoms with Crippen LogP contribution in [0.4, 0.5) is 0 Å². The predicted molar refractivity (Wildman–Crippen MR) is 66.0 cm³/mol. The van der Waals surface area contributed by atoms with E-state index in [9.17, 15) is 0 Å². The monoisotopic (exact) mass is 251 g/mol. The van der Waals surface area contributed by atoms with Crippen LogP contribution in [0.2, 0.25) is 0 Å². The van der Waals surface area contributed by atoms with E-state index in [1.54, 1.807) is 7.11 Å². The summed E-state index contributed by atoms with van der Waals surface area (Å²) in [6.45, 7) is 2.89. The van der Waals surface area contributed by atoms with Crippen molar-refractivity contribution in [1.82, 2.24) is 15.0 Å². The standard InChI is InChI=1S/C13H21N3O2/c1-17-11-4-6-16(7-5-11)9-13-14-12(15-18-13)8-10-2-3-10/h10-11H,2-9H2,1H3. The van der Waals surface area contributed by atoms with Crippen LogP contribution in [-0.4, -0.2) is 41.3 Å². The molecule has 0 unspecified atom stereocenters. The van der Waals surface area contributed by atoms with E-state index in [1.165, 1.54) is 12.8 Å². The lowest BCUT2D eigenvalue weighted by atomic mass is 10.1. The van der Waals surface area contributed by atoms with Crippen LogP contribution in [0.15, 0.2) is 4.52 Å². The Morgan fingerprint density at radius 1 is 1.28 bits per heavy atom. The van der Waals surface area contributed by atoms with Gasteiger partial charge in [0.1, 0.15) is 0 Å². The van der Waals surface area contributed by atoms with E-state index in [1.807, 2.05) is 0 Å². The second-order valence-electron chi connectivity index (χ2n) is 5.46. The summed E-state index contributed by atoms with van der Waals surface area (Å²) in [6, 6.07) is 0. The van der Waals surface area contributed by atoms with E-state index >= 15 is 0 Å². The molecular formula is C13H21N3O2. The first-order valence-corrected chi connectivity index (χ1v) is 6.90. The van der Waals surface area contributed by atoms with Crippen LogP contribution in [0.3, 0.4) is 0 Å². The van der Waals surface area contributed by atoms with E-state index < -0.39 is 0 Å². The Labute approximate surface area is 107 Å². The summed E-state index contributed by atoms with van der Waals surface area (Å²) in [6.07, 6.45) is 6.27. The van der Waals surface area contributed by atoms with E-state index in [0.717, 1.165) is 56.5 Å². The van der Waals surface area contributed by atoms with Crippen LogP contribution < -0.4 is 0 Å². The van der Waals surface area contributed by atoms with Gasteiger partial charge in [-0.05, 0) is 31.6 Å². The Morgan fingerprint density at radius 2 is 2.06 bits per heavy atom. The van der Waals surface area contributed by atoms with Crippen molar-refractivity contribution >= 4 is 0 Å². The molecule has 2 aliphatic rings. The first-order valence-electron chi connectivity index (χ1n) is 6.90. The third-order valence-electron chi connectivity index (χ3n) is 3.91. The van der Waals surface area contributed by atoms with Crippen LogP contribution in [-0.2, 0) is 17.7 Å². The third-order valence-corrected chi connectivity index (χ3v) is 3.91. The fraction of sp³-hybridized carbons (Fsp3) is 0.846. The van der Waals surface area contributed by atoms with E-state index in [-0.39, 0.29) is 0 Å². The Morgan fingerprint density at radius 3 is 2.72 bits per heavy atom. The number of aromatic nitrogens is 2. The van der Waals surface area contributed by atoms with Crippen molar-refractivity contribution in [2.45, 2.75) is 44.8 Å². The molecule has 0 radical (unpaired) electrons. The van der Waals surface area contributed by atoms with Gasteiger partial charge in [-0.1, -0.05) is 5.16 Å². The highest BCUT2D eigenvalue weighted by Gasteiger charge is 2.25. The van der Waals surface area contributed by atoms with Gasteiger partial charge in [0.2, 0.25) is 5.89 Å². The van der Waals surface area contributed by atoms with Gasteiger partial charge in [0.15, 0.2) is 5.82 Å². The summed E-state index contributed by atoms with van der Waals surface area (Å²) in [7, 11) is 1.79. The van der Waals surface area contributed by atoms with E-state index in [0.29, 0.717) is 6.10 Å². The average molecular weight is 251 g/mol. The lowest BCUT2D eigenvalue weighted by Crippen LogP contribution is -2.36. The minimum absolute atomic E-state index is 0.425. The maximum Gasteiger partial charge on any atom is 0.240 e. The molecule has 1 saturated carbocycles. The fourth-order valence-electron chi connectivity index (χ4n) is 2.51. The molecule has 2 fully saturated rings. The van der Waals surface area contributed by atoms with Crippen LogP contribution in [0.25, 0.3) is 0 Å². The topological polar surface area (TPSA) is 51.4 Å². The molecule has 0 aromatic carbocycles. The molecule has 0 bridgehead atoms. The van der Waals surface area contributed by atoms with Gasteiger partial charge in [0, 0.05) is 26.6 Å². The first kappa shape index (κ1) is 12.1. The maximum absolute atomic E-state index is 5.37. The summed E-state index contributed by atoms with van der Waals surface area (Å²) in [5, 5.41) is 4.06. The summed E-state index contributed by atoms with van der Waals surface area (Å²) < 4.78 is 10.7. The van der Waals surface area contributed by atoms with Crippen LogP contribution in [0.1, 0.15) is 37.4 Å². The Balaban J connectivity index is 1.48. The molecule has 1 aliphatic heterocycles. The van der Waals surface area contributed by atoms with Crippen LogP contribution in [0, 0.1) is 5.92 Å². The zero-order valence-corrected chi connectivity index (χ0v) is 11.0. The van der Waals surface area contributed by atoms with Gasteiger partial charge < -0.3 is 9.26 Å². The molecule has 100 valence electrons. The molecular weight excluding hydrogens is 230 g/mol. The third kappa shape index (κ3) is 3.09. The van der Waals surface area contributed by atoms with Crippen molar-refractivity contribution < 1.29 is 9.26 Å². The lowest BCUT2D eigenvalue weighted by Gasteiger charge is -2.29. The van der Waals surface area contributed by atoms with Crippen molar-refractivity contribution in [2.24, 2.45) is 5.92 Å². The molecule has 0 atom stereocenters. The number of nitrogens with zero attached hydrogens (tertiary/aromatic N) is 3. The van der Waals surface area contributed by atoms with Crippen molar-refractivity contribution in [1.29, 1.82) is 0 Å². The van der Waals surface area contributed by atoms with E-state index in [2.05, 4.69) is 15.0 Å². The highest BCUT2D eigenvalue weighted by molar-refractivity contribution is 4.92. The molecule has 5 heteroatoms. The average Bonchev–Trinajstić information content (AvgIpc) is 3.10. The summed E-state index contributed by atoms with van der Waals surface area (Å²) in [4.78, 5) is 6.84. The molecule has 0 spiro atoms. The summed E-state index contributed by atoms with van der Waals surface area (Å²) in [5.41, 5.74) is 0. The second-order valence-corrected chi connectivity index (χ2v) is 5.46. The molecule has 0 amide bonds. The molecule has 2 heterocycles. The number of ether oxygens (including phenoxy) is 1. The largest absolute Gasteiger partial charge is 0.381 e. The van der Waals surface area contributed by atoms with Gasteiger partial charge in [-0.2, -0.15) is 4.98 Å². The van der Waals surface area contributed by atoms with Crippen molar-refractivity contribution in [3.8, 4) is 0 Å². The predicted octanol–water partition coefficient (Wildman–Crippen LogP) is 1.63. The van der Waals surface area contributed by atoms with Crippen LogP contribution in [0.5, 0.6) is 0 Å². The number of likely N-dealkylation sites (tertiary alicyclic amines) is 1. The highest BCUT2D eigenvalue weighted by Crippen LogP contribution is 2.31. The second kappa shape index (κ2) is 5.36. The number of hydrogen-bond donors (Lipinski definition) is 0. The molecule has 1 aromatic rings. The summed E-state index contributed by atoms with van der Waals surface area (Å²) in [5.74, 6) is 2.47. The van der Waals surface area contributed by atoms with Crippen molar-refractivity contribution in [2.75, 3.05) is 20.2 Å². The molecule has 3 rings (SSSR count). The SMILES string of the molecule is COC1CCN(Cc2nc(CC3CC3)no2)CC1. The molecule has 1 saturated heterocycles. The Kier molecular flexibility index (Phi) is 3.61. The molecule has 1 aromatic heterocycles. The highest BCUT2D eigenvalue weighted by atomic mass is 16.5. The zero-order chi connectivity index (χ0) is 12.4. The van der Waals surface area contributed by atoms with Crippen molar-refractivity contribution in [3.05, 3.63) is 11.7 Å². The van der Waals surface area contributed by atoms with Gasteiger partial charge in [0.25, 0.3) is 0 Å². The smallest absolute Gasteiger partial charge is 0.240 e. The van der Waals surface area contributed by atoms with Gasteiger partial charge in [-0.3, -0.25) is 4.90 Å². The van der Waals surface area contributed by atoms with Crippen LogP contribution >= 0.6 is 0 Å². The number of methoxy groups -OCH3 is 1. The molecule has 1 aliphatic carbocycles.